The standard InChI is InChI=1S/C15H31N3O/c1-4-13-12-17(11-9-14(13)16)10-7-8-15(19)18(5-2)6-3/h13-14H,4-12,16H2,1-3H3. The third-order valence-electron chi connectivity index (χ3n) is 4.38. The topological polar surface area (TPSA) is 49.6 Å². The Hall–Kier alpha value is -0.610. The average Bonchev–Trinajstić information content (AvgIpc) is 2.42. The zero-order valence-electron chi connectivity index (χ0n) is 12.9. The minimum Gasteiger partial charge on any atom is -0.343 e. The molecule has 1 amide bonds. The van der Waals surface area contributed by atoms with Gasteiger partial charge < -0.3 is 15.5 Å². The van der Waals surface area contributed by atoms with Gasteiger partial charge in [0, 0.05) is 32.1 Å². The predicted octanol–water partition coefficient (Wildman–Crippen LogP) is 1.69. The van der Waals surface area contributed by atoms with Crippen LogP contribution in [0.15, 0.2) is 0 Å². The highest BCUT2D eigenvalue weighted by atomic mass is 16.2. The maximum Gasteiger partial charge on any atom is 0.222 e. The van der Waals surface area contributed by atoms with Gasteiger partial charge in [-0.05, 0) is 45.7 Å². The molecule has 1 aliphatic heterocycles. The van der Waals surface area contributed by atoms with Gasteiger partial charge in [0.2, 0.25) is 5.91 Å². The Morgan fingerprint density at radius 3 is 2.58 bits per heavy atom. The van der Waals surface area contributed by atoms with Crippen molar-refractivity contribution in [2.45, 2.75) is 52.5 Å². The summed E-state index contributed by atoms with van der Waals surface area (Å²) in [5, 5.41) is 0. The number of carbonyl (C=O) groups excluding carboxylic acids is 1. The van der Waals surface area contributed by atoms with Crippen LogP contribution in [-0.4, -0.2) is 54.5 Å². The van der Waals surface area contributed by atoms with Gasteiger partial charge in [0.15, 0.2) is 0 Å². The summed E-state index contributed by atoms with van der Waals surface area (Å²) in [6.45, 7) is 11.2. The molecule has 112 valence electrons. The molecule has 0 saturated carbocycles. The van der Waals surface area contributed by atoms with E-state index in [0.29, 0.717) is 24.3 Å². The maximum absolute atomic E-state index is 11.9. The van der Waals surface area contributed by atoms with Gasteiger partial charge in [-0.3, -0.25) is 4.79 Å². The first-order valence-electron chi connectivity index (χ1n) is 7.88. The third-order valence-corrected chi connectivity index (χ3v) is 4.38. The van der Waals surface area contributed by atoms with Crippen molar-refractivity contribution >= 4 is 5.91 Å². The molecule has 4 heteroatoms. The highest BCUT2D eigenvalue weighted by molar-refractivity contribution is 5.76. The van der Waals surface area contributed by atoms with Crippen molar-refractivity contribution in [1.29, 1.82) is 0 Å². The van der Waals surface area contributed by atoms with E-state index >= 15 is 0 Å². The Labute approximate surface area is 118 Å². The molecule has 2 unspecified atom stereocenters. The Bertz CT molecular complexity index is 266. The smallest absolute Gasteiger partial charge is 0.222 e. The van der Waals surface area contributed by atoms with E-state index in [-0.39, 0.29) is 0 Å². The Morgan fingerprint density at radius 2 is 2.00 bits per heavy atom. The quantitative estimate of drug-likeness (QED) is 0.765. The number of piperidine rings is 1. The van der Waals surface area contributed by atoms with Crippen LogP contribution in [0.1, 0.15) is 46.5 Å². The molecule has 2 N–H and O–H groups in total. The summed E-state index contributed by atoms with van der Waals surface area (Å²) in [6, 6.07) is 0.374. The summed E-state index contributed by atoms with van der Waals surface area (Å²) in [4.78, 5) is 16.3. The highest BCUT2D eigenvalue weighted by Crippen LogP contribution is 2.18. The third kappa shape index (κ3) is 5.11. The van der Waals surface area contributed by atoms with Crippen LogP contribution in [0, 0.1) is 5.92 Å². The van der Waals surface area contributed by atoms with E-state index in [1.807, 2.05) is 18.7 Å². The summed E-state index contributed by atoms with van der Waals surface area (Å²) >= 11 is 0. The second-order valence-corrected chi connectivity index (χ2v) is 5.59. The number of likely N-dealkylation sites (tertiary alicyclic amines) is 1. The number of rotatable bonds is 7. The first kappa shape index (κ1) is 16.4. The lowest BCUT2D eigenvalue weighted by molar-refractivity contribution is -0.131. The van der Waals surface area contributed by atoms with E-state index in [2.05, 4.69) is 11.8 Å². The fourth-order valence-corrected chi connectivity index (χ4v) is 2.95. The van der Waals surface area contributed by atoms with Crippen molar-refractivity contribution in [1.82, 2.24) is 9.80 Å². The van der Waals surface area contributed by atoms with Crippen molar-refractivity contribution in [2.24, 2.45) is 11.7 Å². The van der Waals surface area contributed by atoms with Gasteiger partial charge in [0.1, 0.15) is 0 Å². The molecule has 1 rings (SSSR count). The number of hydrogen-bond acceptors (Lipinski definition) is 3. The van der Waals surface area contributed by atoms with E-state index < -0.39 is 0 Å². The molecule has 0 aliphatic carbocycles. The second kappa shape index (κ2) is 8.54. The summed E-state index contributed by atoms with van der Waals surface area (Å²) < 4.78 is 0. The van der Waals surface area contributed by atoms with Crippen molar-refractivity contribution < 1.29 is 4.79 Å². The summed E-state index contributed by atoms with van der Waals surface area (Å²) in [7, 11) is 0. The molecule has 0 spiro atoms. The molecule has 19 heavy (non-hydrogen) atoms. The molecule has 0 aromatic carbocycles. The normalized spacial score (nSPS) is 24.4. The van der Waals surface area contributed by atoms with Gasteiger partial charge in [0.25, 0.3) is 0 Å². The van der Waals surface area contributed by atoms with Crippen LogP contribution in [0.4, 0.5) is 0 Å². The van der Waals surface area contributed by atoms with Crippen LogP contribution in [0.3, 0.4) is 0 Å². The van der Waals surface area contributed by atoms with Crippen molar-refractivity contribution in [2.75, 3.05) is 32.7 Å². The zero-order chi connectivity index (χ0) is 14.3. The molecule has 1 heterocycles. The summed E-state index contributed by atoms with van der Waals surface area (Å²) in [5.41, 5.74) is 6.12. The SMILES string of the molecule is CCC1CN(CCCC(=O)N(CC)CC)CCC1N. The molecule has 0 aromatic heterocycles. The van der Waals surface area contributed by atoms with Crippen molar-refractivity contribution in [3.8, 4) is 0 Å². The zero-order valence-corrected chi connectivity index (χ0v) is 12.9. The van der Waals surface area contributed by atoms with Crippen LogP contribution in [-0.2, 0) is 4.79 Å². The molecule has 2 atom stereocenters. The van der Waals surface area contributed by atoms with Crippen molar-refractivity contribution in [3.63, 3.8) is 0 Å². The lowest BCUT2D eigenvalue weighted by atomic mass is 9.90. The molecule has 1 saturated heterocycles. The van der Waals surface area contributed by atoms with Crippen molar-refractivity contribution in [3.05, 3.63) is 0 Å². The van der Waals surface area contributed by atoms with E-state index in [4.69, 9.17) is 5.73 Å². The maximum atomic E-state index is 11.9. The Balaban J connectivity index is 2.24. The monoisotopic (exact) mass is 269 g/mol. The molecule has 0 bridgehead atoms. The minimum absolute atomic E-state index is 0.297. The fraction of sp³-hybridized carbons (Fsp3) is 0.933. The van der Waals surface area contributed by atoms with Gasteiger partial charge in [-0.25, -0.2) is 0 Å². The van der Waals surface area contributed by atoms with Gasteiger partial charge in [0.05, 0.1) is 0 Å². The number of nitrogens with two attached hydrogens (primary N) is 1. The summed E-state index contributed by atoms with van der Waals surface area (Å²) in [6.07, 6.45) is 3.92. The van der Waals surface area contributed by atoms with Gasteiger partial charge >= 0.3 is 0 Å². The number of carbonyl (C=O) groups is 1. The lowest BCUT2D eigenvalue weighted by Gasteiger charge is -2.36. The van der Waals surface area contributed by atoms with Gasteiger partial charge in [-0.2, -0.15) is 0 Å². The van der Waals surface area contributed by atoms with E-state index in [0.717, 1.165) is 52.0 Å². The average molecular weight is 269 g/mol. The van der Waals surface area contributed by atoms with Gasteiger partial charge in [-0.15, -0.1) is 0 Å². The number of amides is 1. The molecular formula is C15H31N3O. The first-order valence-corrected chi connectivity index (χ1v) is 7.88. The highest BCUT2D eigenvalue weighted by Gasteiger charge is 2.24. The molecule has 1 aliphatic rings. The molecule has 4 nitrogen and oxygen atoms in total. The Morgan fingerprint density at radius 1 is 1.32 bits per heavy atom. The first-order chi connectivity index (χ1) is 9.12. The predicted molar refractivity (Wildman–Crippen MR) is 80.0 cm³/mol. The molecule has 0 radical (unpaired) electrons. The molecular weight excluding hydrogens is 238 g/mol. The number of hydrogen-bond donors (Lipinski definition) is 1. The number of nitrogens with zero attached hydrogens (tertiary/aromatic N) is 2. The largest absolute Gasteiger partial charge is 0.343 e. The molecule has 1 fully saturated rings. The van der Waals surface area contributed by atoms with Crippen LogP contribution in [0.5, 0.6) is 0 Å². The molecule has 0 aromatic rings. The van der Waals surface area contributed by atoms with E-state index in [1.54, 1.807) is 0 Å². The van der Waals surface area contributed by atoms with Crippen LogP contribution < -0.4 is 5.73 Å². The van der Waals surface area contributed by atoms with Crippen LogP contribution >= 0.6 is 0 Å². The second-order valence-electron chi connectivity index (χ2n) is 5.59. The fourth-order valence-electron chi connectivity index (χ4n) is 2.95. The van der Waals surface area contributed by atoms with Gasteiger partial charge in [-0.1, -0.05) is 13.3 Å². The van der Waals surface area contributed by atoms with E-state index in [9.17, 15) is 4.79 Å². The van der Waals surface area contributed by atoms with Crippen LogP contribution in [0.2, 0.25) is 0 Å². The Kier molecular flexibility index (Phi) is 7.39. The summed E-state index contributed by atoms with van der Waals surface area (Å²) in [5.74, 6) is 0.929. The minimum atomic E-state index is 0.297. The lowest BCUT2D eigenvalue weighted by Crippen LogP contribution is -2.47. The van der Waals surface area contributed by atoms with E-state index in [1.165, 1.54) is 0 Å². The van der Waals surface area contributed by atoms with Crippen LogP contribution in [0.25, 0.3) is 0 Å².